The van der Waals surface area contributed by atoms with Gasteiger partial charge in [0.15, 0.2) is 11.5 Å². The van der Waals surface area contributed by atoms with E-state index < -0.39 is 11.9 Å². The van der Waals surface area contributed by atoms with Gasteiger partial charge in [-0.25, -0.2) is 10.2 Å². The van der Waals surface area contributed by atoms with E-state index in [0.717, 1.165) is 0 Å². The number of esters is 1. The normalized spacial score (nSPS) is 10.5. The molecule has 0 aliphatic heterocycles. The van der Waals surface area contributed by atoms with E-state index >= 15 is 0 Å². The molecule has 0 atom stereocenters. The second-order valence-electron chi connectivity index (χ2n) is 8.80. The van der Waals surface area contributed by atoms with Crippen LogP contribution in [0.3, 0.4) is 0 Å². The molecule has 11 heteroatoms. The van der Waals surface area contributed by atoms with E-state index in [0.29, 0.717) is 39.8 Å². The van der Waals surface area contributed by atoms with Gasteiger partial charge in [-0.2, -0.15) is 5.10 Å². The zero-order valence-corrected chi connectivity index (χ0v) is 23.9. The number of para-hydroxylation sites is 1. The molecule has 0 spiro atoms. The van der Waals surface area contributed by atoms with Crippen LogP contribution in [0.25, 0.3) is 0 Å². The molecule has 0 radical (unpaired) electrons. The summed E-state index contributed by atoms with van der Waals surface area (Å²) < 4.78 is 26.6. The zero-order chi connectivity index (χ0) is 30.8. The third-order valence-corrected chi connectivity index (χ3v) is 6.13. The van der Waals surface area contributed by atoms with Gasteiger partial charge >= 0.3 is 5.97 Å². The Morgan fingerprint density at radius 1 is 0.651 bits per heavy atom. The zero-order valence-electron chi connectivity index (χ0n) is 23.9. The molecule has 4 aromatic rings. The number of benzene rings is 4. The lowest BCUT2D eigenvalue weighted by molar-refractivity contribution is 0.0733. The lowest BCUT2D eigenvalue weighted by Gasteiger charge is -2.14. The predicted molar refractivity (Wildman–Crippen MR) is 160 cm³/mol. The van der Waals surface area contributed by atoms with E-state index in [4.69, 9.17) is 23.7 Å². The summed E-state index contributed by atoms with van der Waals surface area (Å²) in [6, 6.07) is 22.7. The van der Waals surface area contributed by atoms with Crippen LogP contribution >= 0.6 is 0 Å². The number of amides is 2. The molecule has 0 saturated carbocycles. The molecule has 2 amide bonds. The Bertz CT molecular complexity index is 1630. The maximum Gasteiger partial charge on any atom is 0.343 e. The van der Waals surface area contributed by atoms with Gasteiger partial charge in [0.25, 0.3) is 11.8 Å². The molecule has 43 heavy (non-hydrogen) atoms. The molecule has 11 nitrogen and oxygen atoms in total. The van der Waals surface area contributed by atoms with Gasteiger partial charge < -0.3 is 29.0 Å². The number of hydrogen-bond donors (Lipinski definition) is 2. The Labute approximate surface area is 248 Å². The molecule has 0 bridgehead atoms. The van der Waals surface area contributed by atoms with Crippen molar-refractivity contribution in [2.75, 3.05) is 33.8 Å². The van der Waals surface area contributed by atoms with Crippen LogP contribution in [0.2, 0.25) is 0 Å². The average molecular weight is 584 g/mol. The van der Waals surface area contributed by atoms with E-state index in [2.05, 4.69) is 15.8 Å². The third kappa shape index (κ3) is 7.47. The number of hydrogen-bond acceptors (Lipinski definition) is 9. The van der Waals surface area contributed by atoms with Crippen LogP contribution in [-0.2, 0) is 0 Å². The standard InChI is InChI=1S/C32H29N3O8/c1-39-25-14-12-20(13-15-25)30(36)34-24-10-7-9-21(16-24)31(37)35-33-19-22-8-5-6-11-26(22)43-32(38)23-17-27(40-2)29(42-4)28(18-23)41-3/h5-19H,1-4H3,(H,34,36)(H,35,37). The van der Waals surface area contributed by atoms with Crippen LogP contribution in [0.4, 0.5) is 5.69 Å². The Hall–Kier alpha value is -5.84. The summed E-state index contributed by atoms with van der Waals surface area (Å²) >= 11 is 0. The van der Waals surface area contributed by atoms with Crippen molar-refractivity contribution in [1.29, 1.82) is 0 Å². The molecule has 0 aliphatic carbocycles. The second-order valence-corrected chi connectivity index (χ2v) is 8.80. The van der Waals surface area contributed by atoms with Gasteiger partial charge in [-0.05, 0) is 66.7 Å². The highest BCUT2D eigenvalue weighted by atomic mass is 16.5. The van der Waals surface area contributed by atoms with Crippen LogP contribution < -0.4 is 34.4 Å². The number of rotatable bonds is 11. The third-order valence-electron chi connectivity index (χ3n) is 6.13. The monoisotopic (exact) mass is 583 g/mol. The lowest BCUT2D eigenvalue weighted by Crippen LogP contribution is -2.18. The van der Waals surface area contributed by atoms with Crippen molar-refractivity contribution in [1.82, 2.24) is 5.43 Å². The quantitative estimate of drug-likeness (QED) is 0.110. The number of ether oxygens (including phenoxy) is 5. The van der Waals surface area contributed by atoms with E-state index in [-0.39, 0.29) is 22.8 Å². The molecule has 220 valence electrons. The number of nitrogens with zero attached hydrogens (tertiary/aromatic N) is 1. The molecule has 4 rings (SSSR count). The molecule has 4 aromatic carbocycles. The molecular formula is C32H29N3O8. The van der Waals surface area contributed by atoms with Gasteiger partial charge in [-0.15, -0.1) is 0 Å². The minimum absolute atomic E-state index is 0.175. The number of nitrogens with one attached hydrogen (secondary N) is 2. The van der Waals surface area contributed by atoms with Gasteiger partial charge in [0.2, 0.25) is 5.75 Å². The fraction of sp³-hybridized carbons (Fsp3) is 0.125. The Morgan fingerprint density at radius 2 is 1.35 bits per heavy atom. The first-order valence-corrected chi connectivity index (χ1v) is 12.9. The lowest BCUT2D eigenvalue weighted by atomic mass is 10.1. The van der Waals surface area contributed by atoms with Crippen LogP contribution in [-0.4, -0.2) is 52.4 Å². The van der Waals surface area contributed by atoms with Gasteiger partial charge in [0.1, 0.15) is 11.5 Å². The first-order valence-electron chi connectivity index (χ1n) is 12.9. The van der Waals surface area contributed by atoms with Crippen molar-refractivity contribution in [2.45, 2.75) is 0 Å². The summed E-state index contributed by atoms with van der Waals surface area (Å²) in [7, 11) is 5.90. The first-order chi connectivity index (χ1) is 20.9. The van der Waals surface area contributed by atoms with Crippen LogP contribution in [0, 0.1) is 0 Å². The highest BCUT2D eigenvalue weighted by molar-refractivity contribution is 6.05. The fourth-order valence-corrected chi connectivity index (χ4v) is 3.95. The van der Waals surface area contributed by atoms with E-state index in [9.17, 15) is 14.4 Å². The van der Waals surface area contributed by atoms with E-state index in [1.807, 2.05) is 0 Å². The van der Waals surface area contributed by atoms with Crippen molar-refractivity contribution in [3.05, 3.63) is 107 Å². The maximum atomic E-state index is 13.0. The number of methoxy groups -OCH3 is 4. The first kappa shape index (κ1) is 30.1. The molecule has 0 aliphatic rings. The van der Waals surface area contributed by atoms with Gasteiger partial charge in [-0.1, -0.05) is 18.2 Å². The summed E-state index contributed by atoms with van der Waals surface area (Å²) in [4.78, 5) is 38.3. The number of anilines is 1. The van der Waals surface area contributed by atoms with Crippen LogP contribution in [0.1, 0.15) is 36.6 Å². The maximum absolute atomic E-state index is 13.0. The van der Waals surface area contributed by atoms with E-state index in [1.165, 1.54) is 45.7 Å². The van der Waals surface area contributed by atoms with Crippen LogP contribution in [0.15, 0.2) is 90.0 Å². The SMILES string of the molecule is COc1ccc(C(=O)Nc2cccc(C(=O)NN=Cc3ccccc3OC(=O)c3cc(OC)c(OC)c(OC)c3)c2)cc1. The Balaban J connectivity index is 1.42. The van der Waals surface area contributed by atoms with Crippen molar-refractivity contribution in [2.24, 2.45) is 5.10 Å². The summed E-state index contributed by atoms with van der Waals surface area (Å²) in [5.74, 6) is 0.274. The number of hydrazone groups is 1. The molecule has 0 unspecified atom stereocenters. The minimum atomic E-state index is -0.669. The summed E-state index contributed by atoms with van der Waals surface area (Å²) in [5.41, 5.74) is 4.19. The molecular weight excluding hydrogens is 554 g/mol. The smallest absolute Gasteiger partial charge is 0.343 e. The topological polar surface area (TPSA) is 134 Å². The minimum Gasteiger partial charge on any atom is -0.497 e. The second kappa shape index (κ2) is 14.2. The van der Waals surface area contributed by atoms with Crippen molar-refractivity contribution >= 4 is 29.7 Å². The molecule has 0 aromatic heterocycles. The number of carbonyl (C=O) groups is 3. The van der Waals surface area contributed by atoms with Crippen molar-refractivity contribution in [3.8, 4) is 28.7 Å². The van der Waals surface area contributed by atoms with Crippen LogP contribution in [0.5, 0.6) is 28.7 Å². The van der Waals surface area contributed by atoms with Gasteiger partial charge in [0, 0.05) is 22.4 Å². The van der Waals surface area contributed by atoms with Gasteiger partial charge in [-0.3, -0.25) is 9.59 Å². The summed E-state index contributed by atoms with van der Waals surface area (Å²) in [6.45, 7) is 0. The molecule has 0 fully saturated rings. The highest BCUT2D eigenvalue weighted by Crippen LogP contribution is 2.38. The predicted octanol–water partition coefficient (Wildman–Crippen LogP) is 4.96. The number of carbonyl (C=O) groups excluding carboxylic acids is 3. The largest absolute Gasteiger partial charge is 0.497 e. The summed E-state index contributed by atoms with van der Waals surface area (Å²) in [5, 5.41) is 6.78. The van der Waals surface area contributed by atoms with Crippen molar-refractivity contribution in [3.63, 3.8) is 0 Å². The van der Waals surface area contributed by atoms with E-state index in [1.54, 1.807) is 73.8 Å². The molecule has 2 N–H and O–H groups in total. The molecule has 0 saturated heterocycles. The fourth-order valence-electron chi connectivity index (χ4n) is 3.95. The van der Waals surface area contributed by atoms with Crippen molar-refractivity contribution < 1.29 is 38.1 Å². The molecule has 0 heterocycles. The highest BCUT2D eigenvalue weighted by Gasteiger charge is 2.19. The van der Waals surface area contributed by atoms with Gasteiger partial charge in [0.05, 0.1) is 40.2 Å². The Kier molecular flexibility index (Phi) is 9.93. The summed E-state index contributed by atoms with van der Waals surface area (Å²) in [6.07, 6.45) is 1.35. The Morgan fingerprint density at radius 3 is 2.00 bits per heavy atom. The average Bonchev–Trinajstić information content (AvgIpc) is 3.04.